The molecule has 1 aromatic heterocycles. The topological polar surface area (TPSA) is 95.6 Å². The number of aliphatic imine (C=N–C) groups is 1. The number of benzene rings is 1. The van der Waals surface area contributed by atoms with Gasteiger partial charge >= 0.3 is 0 Å². The van der Waals surface area contributed by atoms with Crippen LogP contribution in [0.4, 0.5) is 0 Å². The molecule has 0 aliphatic heterocycles. The van der Waals surface area contributed by atoms with Crippen LogP contribution in [-0.4, -0.2) is 17.3 Å². The number of allylic oxidation sites excluding steroid dienone is 2. The molecule has 1 aromatic carbocycles. The van der Waals surface area contributed by atoms with Crippen LogP contribution < -0.4 is 21.8 Å². The molecule has 6 heteroatoms. The second-order valence-corrected chi connectivity index (χ2v) is 7.14. The Bertz CT molecular complexity index is 1090. The molecule has 0 bridgehead atoms. The van der Waals surface area contributed by atoms with Crippen LogP contribution in [0.25, 0.3) is 16.5 Å². The SMILES string of the molecule is C=C(N)/N=C\C(=C/C)c1ccc2c(OC(=C)CN)c(CC)c(=O)n(C3CC3)c2c1. The lowest BCUT2D eigenvalue weighted by Crippen LogP contribution is -2.25. The van der Waals surface area contributed by atoms with E-state index in [9.17, 15) is 4.79 Å². The van der Waals surface area contributed by atoms with E-state index in [0.29, 0.717) is 23.5 Å². The third-order valence-electron chi connectivity index (χ3n) is 5.01. The van der Waals surface area contributed by atoms with Crippen LogP contribution in [-0.2, 0) is 6.42 Å². The number of nitrogens with two attached hydrogens (primary N) is 2. The van der Waals surface area contributed by atoms with Crippen molar-refractivity contribution in [2.45, 2.75) is 39.2 Å². The predicted octanol–water partition coefficient (Wildman–Crippen LogP) is 3.65. The highest BCUT2D eigenvalue weighted by molar-refractivity contribution is 6.11. The highest BCUT2D eigenvalue weighted by Gasteiger charge is 2.29. The van der Waals surface area contributed by atoms with Gasteiger partial charge in [0.25, 0.3) is 5.56 Å². The number of hydrogen-bond acceptors (Lipinski definition) is 5. The molecule has 29 heavy (non-hydrogen) atoms. The van der Waals surface area contributed by atoms with Crippen molar-refractivity contribution in [2.75, 3.05) is 6.54 Å². The standard InChI is InChI=1S/C23H28N4O2/c1-5-16(13-26-15(4)25)17-7-10-20-21(11-17)27(18-8-9-18)23(28)19(6-2)22(20)29-14(3)12-24/h5,7,10-11,13,18H,3-4,6,8-9,12,24-25H2,1-2H3/b16-5+,26-13-. The Morgan fingerprint density at radius 1 is 1.38 bits per heavy atom. The Labute approximate surface area is 170 Å². The van der Waals surface area contributed by atoms with Crippen LogP contribution in [0.15, 0.2) is 58.8 Å². The molecule has 1 heterocycles. The fourth-order valence-electron chi connectivity index (χ4n) is 3.39. The zero-order valence-corrected chi connectivity index (χ0v) is 17.1. The third kappa shape index (κ3) is 4.17. The number of pyridine rings is 1. The third-order valence-corrected chi connectivity index (χ3v) is 5.01. The normalized spacial score (nSPS) is 14.5. The number of nitrogens with zero attached hydrogens (tertiary/aromatic N) is 2. The summed E-state index contributed by atoms with van der Waals surface area (Å²) in [6.07, 6.45) is 6.20. The van der Waals surface area contributed by atoms with Gasteiger partial charge in [-0.25, -0.2) is 4.99 Å². The molecular weight excluding hydrogens is 364 g/mol. The van der Waals surface area contributed by atoms with Crippen molar-refractivity contribution in [1.82, 2.24) is 4.57 Å². The number of aromatic nitrogens is 1. The van der Waals surface area contributed by atoms with Crippen molar-refractivity contribution in [3.63, 3.8) is 0 Å². The van der Waals surface area contributed by atoms with Gasteiger partial charge in [0.2, 0.25) is 0 Å². The van der Waals surface area contributed by atoms with Crippen molar-refractivity contribution < 1.29 is 4.74 Å². The summed E-state index contributed by atoms with van der Waals surface area (Å²) in [5, 5.41) is 0.877. The Kier molecular flexibility index (Phi) is 6.03. The summed E-state index contributed by atoms with van der Waals surface area (Å²) in [5.74, 6) is 1.22. The molecule has 2 aromatic rings. The van der Waals surface area contributed by atoms with E-state index in [-0.39, 0.29) is 24.0 Å². The van der Waals surface area contributed by atoms with Crippen molar-refractivity contribution in [3.8, 4) is 5.75 Å². The molecule has 0 atom stereocenters. The summed E-state index contributed by atoms with van der Waals surface area (Å²) in [4.78, 5) is 17.4. The molecule has 0 saturated heterocycles. The van der Waals surface area contributed by atoms with E-state index in [1.165, 1.54) is 0 Å². The van der Waals surface area contributed by atoms with Gasteiger partial charge in [0.1, 0.15) is 17.3 Å². The molecule has 1 fully saturated rings. The Morgan fingerprint density at radius 3 is 2.66 bits per heavy atom. The van der Waals surface area contributed by atoms with Gasteiger partial charge in [0, 0.05) is 17.6 Å². The Hall–Kier alpha value is -3.12. The van der Waals surface area contributed by atoms with E-state index >= 15 is 0 Å². The minimum Gasteiger partial charge on any atom is -0.460 e. The molecule has 0 spiro atoms. The Morgan fingerprint density at radius 2 is 2.10 bits per heavy atom. The maximum atomic E-state index is 13.3. The first-order chi connectivity index (χ1) is 13.9. The average Bonchev–Trinajstić information content (AvgIpc) is 3.53. The fraction of sp³-hybridized carbons (Fsp3) is 0.304. The molecule has 0 radical (unpaired) electrons. The summed E-state index contributed by atoms with van der Waals surface area (Å²) < 4.78 is 7.84. The molecule has 0 unspecified atom stereocenters. The minimum absolute atomic E-state index is 0.00879. The minimum atomic E-state index is -0.00879. The van der Waals surface area contributed by atoms with Crippen LogP contribution >= 0.6 is 0 Å². The zero-order valence-electron chi connectivity index (χ0n) is 17.1. The van der Waals surface area contributed by atoms with E-state index in [1.807, 2.05) is 42.7 Å². The largest absolute Gasteiger partial charge is 0.460 e. The second kappa shape index (κ2) is 8.49. The predicted molar refractivity (Wildman–Crippen MR) is 120 cm³/mol. The van der Waals surface area contributed by atoms with E-state index in [1.54, 1.807) is 6.21 Å². The molecule has 0 amide bonds. The first kappa shape index (κ1) is 20.6. The number of ether oxygens (including phenoxy) is 1. The van der Waals surface area contributed by atoms with Crippen LogP contribution in [0, 0.1) is 0 Å². The summed E-state index contributed by atoms with van der Waals surface area (Å²) in [7, 11) is 0. The fourth-order valence-corrected chi connectivity index (χ4v) is 3.39. The monoisotopic (exact) mass is 392 g/mol. The van der Waals surface area contributed by atoms with E-state index in [0.717, 1.165) is 34.9 Å². The highest BCUT2D eigenvalue weighted by Crippen LogP contribution is 2.39. The van der Waals surface area contributed by atoms with Crippen molar-refractivity contribution in [1.29, 1.82) is 0 Å². The Balaban J connectivity index is 2.28. The first-order valence-corrected chi connectivity index (χ1v) is 9.83. The maximum Gasteiger partial charge on any atom is 0.258 e. The molecule has 6 nitrogen and oxygen atoms in total. The smallest absolute Gasteiger partial charge is 0.258 e. The quantitative estimate of drug-likeness (QED) is 0.529. The molecule has 1 aliphatic rings. The lowest BCUT2D eigenvalue weighted by Gasteiger charge is -2.19. The molecular formula is C23H28N4O2. The zero-order chi connectivity index (χ0) is 21.1. The summed E-state index contributed by atoms with van der Waals surface area (Å²) >= 11 is 0. The van der Waals surface area contributed by atoms with Crippen LogP contribution in [0.1, 0.15) is 43.9 Å². The van der Waals surface area contributed by atoms with Gasteiger partial charge in [-0.15, -0.1) is 0 Å². The summed E-state index contributed by atoms with van der Waals surface area (Å²) in [5.41, 5.74) is 14.6. The molecule has 4 N–H and O–H groups in total. The summed E-state index contributed by atoms with van der Waals surface area (Å²) in [6, 6.07) is 6.20. The number of fused-ring (bicyclic) bond motifs is 1. The van der Waals surface area contributed by atoms with Crippen molar-refractivity contribution >= 4 is 22.7 Å². The molecule has 1 saturated carbocycles. The van der Waals surface area contributed by atoms with Gasteiger partial charge in [-0.05, 0) is 49.5 Å². The lowest BCUT2D eigenvalue weighted by molar-refractivity contribution is 0.418. The van der Waals surface area contributed by atoms with Crippen LogP contribution in [0.5, 0.6) is 5.75 Å². The van der Waals surface area contributed by atoms with Crippen molar-refractivity contribution in [2.24, 2.45) is 16.5 Å². The van der Waals surface area contributed by atoms with Crippen LogP contribution in [0.3, 0.4) is 0 Å². The average molecular weight is 393 g/mol. The van der Waals surface area contributed by atoms with Gasteiger partial charge in [0.05, 0.1) is 17.6 Å². The van der Waals surface area contributed by atoms with Crippen LogP contribution in [0.2, 0.25) is 0 Å². The number of rotatable bonds is 8. The van der Waals surface area contributed by atoms with Crippen molar-refractivity contribution in [3.05, 3.63) is 70.5 Å². The van der Waals surface area contributed by atoms with E-state index < -0.39 is 0 Å². The molecule has 1 aliphatic carbocycles. The van der Waals surface area contributed by atoms with E-state index in [2.05, 4.69) is 18.2 Å². The van der Waals surface area contributed by atoms with E-state index in [4.69, 9.17) is 16.2 Å². The first-order valence-electron chi connectivity index (χ1n) is 9.83. The van der Waals surface area contributed by atoms with Gasteiger partial charge in [-0.3, -0.25) is 4.79 Å². The van der Waals surface area contributed by atoms with Gasteiger partial charge < -0.3 is 20.8 Å². The molecule has 152 valence electrons. The lowest BCUT2D eigenvalue weighted by atomic mass is 10.0. The highest BCUT2D eigenvalue weighted by atomic mass is 16.5. The van der Waals surface area contributed by atoms with Gasteiger partial charge in [-0.2, -0.15) is 0 Å². The van der Waals surface area contributed by atoms with Gasteiger partial charge in [-0.1, -0.05) is 32.2 Å². The molecule has 3 rings (SSSR count). The second-order valence-electron chi connectivity index (χ2n) is 7.14. The van der Waals surface area contributed by atoms with Gasteiger partial charge in [0.15, 0.2) is 0 Å². The summed E-state index contributed by atoms with van der Waals surface area (Å²) in [6.45, 7) is 11.5. The number of hydrogen-bond donors (Lipinski definition) is 2. The maximum absolute atomic E-state index is 13.3.